The summed E-state index contributed by atoms with van der Waals surface area (Å²) in [4.78, 5) is 9.31. The van der Waals surface area contributed by atoms with Gasteiger partial charge in [0.2, 0.25) is 0 Å². The molecule has 0 radical (unpaired) electrons. The van der Waals surface area contributed by atoms with E-state index in [9.17, 15) is 4.39 Å². The number of nitrogen functional groups attached to an aromatic ring is 1. The van der Waals surface area contributed by atoms with E-state index in [4.69, 9.17) is 22.1 Å². The highest BCUT2D eigenvalue weighted by Crippen LogP contribution is 2.31. The van der Waals surface area contributed by atoms with Crippen molar-refractivity contribution in [3.8, 4) is 5.75 Å². The van der Waals surface area contributed by atoms with E-state index in [0.29, 0.717) is 21.9 Å². The van der Waals surface area contributed by atoms with Crippen molar-refractivity contribution in [1.29, 1.82) is 0 Å². The first-order chi connectivity index (χ1) is 10.0. The molecule has 0 saturated heterocycles. The summed E-state index contributed by atoms with van der Waals surface area (Å²) in [6.45, 7) is 0.0811. The molecule has 2 aromatic heterocycles. The predicted octanol–water partition coefficient (Wildman–Crippen LogP) is 4.41. The Morgan fingerprint density at radius 1 is 1.38 bits per heavy atom. The Morgan fingerprint density at radius 3 is 3.00 bits per heavy atom. The Balaban J connectivity index is 1.85. The van der Waals surface area contributed by atoms with E-state index >= 15 is 0 Å². The third-order valence-electron chi connectivity index (χ3n) is 2.73. The third kappa shape index (κ3) is 2.95. The highest BCUT2D eigenvalue weighted by Gasteiger charge is 2.10. The molecular formula is C13H8BrClFN3OS. The van der Waals surface area contributed by atoms with Gasteiger partial charge in [-0.3, -0.25) is 0 Å². The van der Waals surface area contributed by atoms with Crippen molar-refractivity contribution in [3.63, 3.8) is 0 Å². The average molecular weight is 389 g/mol. The molecule has 21 heavy (non-hydrogen) atoms. The van der Waals surface area contributed by atoms with E-state index in [0.717, 1.165) is 10.2 Å². The van der Waals surface area contributed by atoms with Crippen molar-refractivity contribution in [2.45, 2.75) is 6.61 Å². The molecule has 0 atom stereocenters. The van der Waals surface area contributed by atoms with Crippen LogP contribution in [0, 0.1) is 5.82 Å². The van der Waals surface area contributed by atoms with Crippen LogP contribution < -0.4 is 10.5 Å². The zero-order chi connectivity index (χ0) is 15.0. The van der Waals surface area contributed by atoms with Crippen LogP contribution in [0.4, 0.5) is 10.2 Å². The zero-order valence-corrected chi connectivity index (χ0v) is 13.6. The lowest BCUT2D eigenvalue weighted by Gasteiger charge is -2.09. The number of hydrogen-bond donors (Lipinski definition) is 1. The fourth-order valence-corrected chi connectivity index (χ4v) is 3.29. The number of ether oxygens (including phenoxy) is 1. The molecule has 3 aromatic rings. The second-order valence-corrected chi connectivity index (χ2v) is 6.31. The van der Waals surface area contributed by atoms with Crippen LogP contribution in [-0.4, -0.2) is 9.97 Å². The van der Waals surface area contributed by atoms with Crippen molar-refractivity contribution >= 4 is 54.9 Å². The van der Waals surface area contributed by atoms with Crippen LogP contribution in [0.1, 0.15) is 5.82 Å². The molecule has 0 amide bonds. The first-order valence-electron chi connectivity index (χ1n) is 5.81. The first-order valence-corrected chi connectivity index (χ1v) is 7.86. The maximum Gasteiger partial charge on any atom is 0.169 e. The zero-order valence-electron chi connectivity index (χ0n) is 10.4. The lowest BCUT2D eigenvalue weighted by Crippen LogP contribution is -2.04. The van der Waals surface area contributed by atoms with Gasteiger partial charge >= 0.3 is 0 Å². The molecule has 0 aliphatic heterocycles. The Labute approximate surface area is 136 Å². The number of anilines is 1. The Kier molecular flexibility index (Phi) is 3.97. The molecular weight excluding hydrogens is 381 g/mol. The van der Waals surface area contributed by atoms with Gasteiger partial charge in [-0.05, 0) is 33.4 Å². The largest absolute Gasteiger partial charge is 0.484 e. The van der Waals surface area contributed by atoms with Gasteiger partial charge in [0.15, 0.2) is 5.82 Å². The number of fused-ring (bicyclic) bond motifs is 1. The molecule has 2 heterocycles. The predicted molar refractivity (Wildman–Crippen MR) is 85.3 cm³/mol. The van der Waals surface area contributed by atoms with E-state index < -0.39 is 5.82 Å². The summed E-state index contributed by atoms with van der Waals surface area (Å²) in [7, 11) is 0. The molecule has 0 unspecified atom stereocenters. The quantitative estimate of drug-likeness (QED) is 0.675. The van der Waals surface area contributed by atoms with Crippen molar-refractivity contribution in [3.05, 3.63) is 44.7 Å². The van der Waals surface area contributed by atoms with Crippen LogP contribution in [0.25, 0.3) is 10.2 Å². The summed E-state index contributed by atoms with van der Waals surface area (Å²) in [5.41, 5.74) is 5.86. The second kappa shape index (κ2) is 5.75. The number of thiophene rings is 1. The van der Waals surface area contributed by atoms with Gasteiger partial charge in [0.05, 0.1) is 14.9 Å². The van der Waals surface area contributed by atoms with Crippen molar-refractivity contribution in [1.82, 2.24) is 9.97 Å². The van der Waals surface area contributed by atoms with E-state index in [-0.39, 0.29) is 11.6 Å². The molecule has 1 aromatic carbocycles. The van der Waals surface area contributed by atoms with Crippen LogP contribution in [-0.2, 0) is 6.61 Å². The van der Waals surface area contributed by atoms with Gasteiger partial charge in [0, 0.05) is 6.07 Å². The summed E-state index contributed by atoms with van der Waals surface area (Å²) in [5, 5.41) is 2.74. The fraction of sp³-hybridized carbons (Fsp3) is 0.0769. The standard InChI is InChI=1S/C13H8BrClFN3OS/c14-7-3-8(15)9(16)4-10(7)20-5-11-18-12(17)6-1-2-21-13(6)19-11/h1-4H,5H2,(H2,17,18,19). The summed E-state index contributed by atoms with van der Waals surface area (Å²) in [5.74, 6) is 0.611. The molecule has 8 heteroatoms. The number of halogens is 3. The summed E-state index contributed by atoms with van der Waals surface area (Å²) in [6.07, 6.45) is 0. The number of nitrogens with two attached hydrogens (primary N) is 1. The normalized spacial score (nSPS) is 11.0. The lowest BCUT2D eigenvalue weighted by molar-refractivity contribution is 0.293. The smallest absolute Gasteiger partial charge is 0.169 e. The summed E-state index contributed by atoms with van der Waals surface area (Å²) >= 11 is 10.4. The molecule has 0 spiro atoms. The van der Waals surface area contributed by atoms with Crippen LogP contribution in [0.3, 0.4) is 0 Å². The average Bonchev–Trinajstić information content (AvgIpc) is 2.90. The van der Waals surface area contributed by atoms with Crippen molar-refractivity contribution < 1.29 is 9.13 Å². The van der Waals surface area contributed by atoms with Gasteiger partial charge in [-0.25, -0.2) is 14.4 Å². The van der Waals surface area contributed by atoms with Crippen molar-refractivity contribution in [2.24, 2.45) is 0 Å². The minimum absolute atomic E-state index is 0.0229. The fourth-order valence-electron chi connectivity index (χ4n) is 1.75. The number of rotatable bonds is 3. The van der Waals surface area contributed by atoms with Gasteiger partial charge in [0.25, 0.3) is 0 Å². The van der Waals surface area contributed by atoms with E-state index in [2.05, 4.69) is 25.9 Å². The first kappa shape index (κ1) is 14.5. The monoisotopic (exact) mass is 387 g/mol. The molecule has 0 aliphatic carbocycles. The maximum atomic E-state index is 13.4. The number of hydrogen-bond acceptors (Lipinski definition) is 5. The van der Waals surface area contributed by atoms with E-state index in [1.54, 1.807) is 0 Å². The molecule has 108 valence electrons. The van der Waals surface area contributed by atoms with Gasteiger partial charge in [-0.2, -0.15) is 0 Å². The Bertz CT molecular complexity index is 827. The highest BCUT2D eigenvalue weighted by atomic mass is 79.9. The molecule has 0 bridgehead atoms. The van der Waals surface area contributed by atoms with Crippen molar-refractivity contribution in [2.75, 3.05) is 5.73 Å². The summed E-state index contributed by atoms with van der Waals surface area (Å²) < 4.78 is 19.5. The molecule has 4 nitrogen and oxygen atoms in total. The Morgan fingerprint density at radius 2 is 2.19 bits per heavy atom. The topological polar surface area (TPSA) is 61.0 Å². The Hall–Kier alpha value is -1.44. The molecule has 2 N–H and O–H groups in total. The minimum atomic E-state index is -0.552. The number of nitrogens with zero attached hydrogens (tertiary/aromatic N) is 2. The molecule has 0 fully saturated rings. The number of aromatic nitrogens is 2. The summed E-state index contributed by atoms with van der Waals surface area (Å²) in [6, 6.07) is 4.51. The van der Waals surface area contributed by atoms with Crippen LogP contribution in [0.2, 0.25) is 5.02 Å². The number of benzene rings is 1. The van der Waals surface area contributed by atoms with Crippen LogP contribution in [0.15, 0.2) is 28.1 Å². The highest BCUT2D eigenvalue weighted by molar-refractivity contribution is 9.10. The van der Waals surface area contributed by atoms with Gasteiger partial charge < -0.3 is 10.5 Å². The molecule has 3 rings (SSSR count). The van der Waals surface area contributed by atoms with Crippen LogP contribution >= 0.6 is 38.9 Å². The van der Waals surface area contributed by atoms with Gasteiger partial charge in [-0.1, -0.05) is 11.6 Å². The molecule has 0 aliphatic rings. The SMILES string of the molecule is Nc1nc(COc2cc(F)c(Cl)cc2Br)nc2sccc12. The van der Waals surface area contributed by atoms with Crippen LogP contribution in [0.5, 0.6) is 5.75 Å². The molecule has 0 saturated carbocycles. The van der Waals surface area contributed by atoms with Gasteiger partial charge in [0.1, 0.15) is 28.8 Å². The third-order valence-corrected chi connectivity index (χ3v) is 4.45. The maximum absolute atomic E-state index is 13.4. The lowest BCUT2D eigenvalue weighted by atomic mass is 10.3. The second-order valence-electron chi connectivity index (χ2n) is 4.15. The van der Waals surface area contributed by atoms with Gasteiger partial charge in [-0.15, -0.1) is 11.3 Å². The van der Waals surface area contributed by atoms with E-state index in [1.807, 2.05) is 11.4 Å². The minimum Gasteiger partial charge on any atom is -0.484 e. The van der Waals surface area contributed by atoms with E-state index in [1.165, 1.54) is 23.5 Å².